The first-order chi connectivity index (χ1) is 3.81. The van der Waals surface area contributed by atoms with Crippen LogP contribution in [0, 0.1) is 12.3 Å². The molecule has 0 aliphatic rings. The number of rotatable bonds is 3. The van der Waals surface area contributed by atoms with Gasteiger partial charge in [-0.15, -0.1) is 6.42 Å². The topological polar surface area (TPSA) is 9.23 Å². The van der Waals surface area contributed by atoms with E-state index in [1.165, 1.54) is 11.7 Å². The molecule has 2 radical (unpaired) electrons. The Morgan fingerprint density at radius 2 is 2.62 bits per heavy atom. The van der Waals surface area contributed by atoms with Gasteiger partial charge in [0.25, 0.3) is 0 Å². The maximum Gasteiger partial charge on any atom is 0.130 e. The molecule has 0 aromatic carbocycles. The number of hydrogen-bond acceptors (Lipinski definition) is 2. The third-order valence-electron chi connectivity index (χ3n) is 0.475. The second-order valence-corrected chi connectivity index (χ2v) is 2.91. The molecule has 0 N–H and O–H groups in total. The highest BCUT2D eigenvalue weighted by Gasteiger charge is 1.92. The number of hydrogen-bond donors (Lipinski definition) is 0. The molecule has 2 atom stereocenters. The van der Waals surface area contributed by atoms with Crippen LogP contribution in [-0.4, -0.2) is 13.7 Å². The van der Waals surface area contributed by atoms with Crippen LogP contribution in [0.3, 0.4) is 0 Å². The van der Waals surface area contributed by atoms with E-state index in [-0.39, 0.29) is 13.8 Å². The second-order valence-electron chi connectivity index (χ2n) is 1.11. The van der Waals surface area contributed by atoms with Gasteiger partial charge in [0, 0.05) is 11.7 Å². The van der Waals surface area contributed by atoms with Crippen LogP contribution < -0.4 is 0 Å². The predicted molar refractivity (Wildman–Crippen MR) is 41.0 cm³/mol. The minimum atomic E-state index is -0.129. The van der Waals surface area contributed by atoms with Crippen LogP contribution in [0.4, 0.5) is 0 Å². The van der Waals surface area contributed by atoms with E-state index in [1.54, 1.807) is 6.92 Å². The highest BCUT2D eigenvalue weighted by atomic mass is 32.7. The summed E-state index contributed by atoms with van der Waals surface area (Å²) in [5, 5.41) is 0. The molecule has 2 unspecified atom stereocenters. The van der Waals surface area contributed by atoms with Crippen molar-refractivity contribution in [2.75, 3.05) is 0 Å². The molecule has 8 heavy (non-hydrogen) atoms. The van der Waals surface area contributed by atoms with Crippen LogP contribution in [0.5, 0.6) is 0 Å². The van der Waals surface area contributed by atoms with Crippen molar-refractivity contribution in [2.45, 2.75) is 13.0 Å². The lowest BCUT2D eigenvalue weighted by Crippen LogP contribution is -1.95. The summed E-state index contributed by atoms with van der Waals surface area (Å²) in [5.74, 6) is 2.41. The molecule has 0 aromatic rings. The fourth-order valence-corrected chi connectivity index (χ4v) is 0.983. The average molecular weight is 144 g/mol. The molecule has 0 rings (SSSR count). The molecule has 1 nitrogen and oxygen atoms in total. The molecular weight excluding hydrogens is 138 g/mol. The molecule has 0 fully saturated rings. The highest BCUT2D eigenvalue weighted by molar-refractivity contribution is 8.53. The summed E-state index contributed by atoms with van der Waals surface area (Å²) in [4.78, 5) is 0. The van der Waals surface area contributed by atoms with Gasteiger partial charge in [-0.1, -0.05) is 13.6 Å². The van der Waals surface area contributed by atoms with Crippen molar-refractivity contribution in [1.29, 1.82) is 0 Å². The summed E-state index contributed by atoms with van der Waals surface area (Å²) >= 11 is 1.20. The quantitative estimate of drug-likeness (QED) is 0.256. The van der Waals surface area contributed by atoms with Crippen molar-refractivity contribution in [2.24, 2.45) is 0 Å². The van der Waals surface area contributed by atoms with Crippen molar-refractivity contribution in [1.82, 2.24) is 0 Å². The van der Waals surface area contributed by atoms with E-state index >= 15 is 0 Å². The van der Waals surface area contributed by atoms with E-state index in [9.17, 15) is 0 Å². The fraction of sp³-hybridized carbons (Fsp3) is 0.500. The average Bonchev–Trinajstić information content (AvgIpc) is 1.83. The lowest BCUT2D eigenvalue weighted by atomic mass is 10.4. The molecule has 4 heteroatoms. The molecule has 0 bridgehead atoms. The van der Waals surface area contributed by atoms with E-state index in [4.69, 9.17) is 18.2 Å². The van der Waals surface area contributed by atoms with Crippen molar-refractivity contribution in [3.8, 4) is 12.3 Å². The van der Waals surface area contributed by atoms with Gasteiger partial charge in [-0.05, 0) is 6.92 Å². The normalized spacial score (nSPS) is 14.0. The van der Waals surface area contributed by atoms with E-state index in [2.05, 4.69) is 5.92 Å². The minimum Gasteiger partial charge on any atom is -0.296 e. The summed E-state index contributed by atoms with van der Waals surface area (Å²) in [6.07, 6.45) is 4.86. The molecule has 0 saturated heterocycles. The Morgan fingerprint density at radius 1 is 2.00 bits per heavy atom. The summed E-state index contributed by atoms with van der Waals surface area (Å²) in [7, 11) is 5.38. The van der Waals surface area contributed by atoms with Crippen molar-refractivity contribution in [3.63, 3.8) is 0 Å². The minimum absolute atomic E-state index is 0.129. The van der Waals surface area contributed by atoms with Crippen LogP contribution in [0.1, 0.15) is 6.92 Å². The molecule has 0 spiro atoms. The number of terminal acetylenes is 1. The first-order valence-corrected chi connectivity index (χ1v) is 4.59. The Labute approximate surface area is 57.1 Å². The first kappa shape index (κ1) is 8.36. The zero-order valence-corrected chi connectivity index (χ0v) is 6.37. The molecule has 0 amide bonds. The molecule has 0 aliphatic heterocycles. The Morgan fingerprint density at radius 3 is 3.00 bits per heavy atom. The van der Waals surface area contributed by atoms with Crippen LogP contribution in [0.2, 0.25) is 0 Å². The molecular formula is C4H6BOPS. The van der Waals surface area contributed by atoms with Gasteiger partial charge in [0.2, 0.25) is 0 Å². The van der Waals surface area contributed by atoms with Gasteiger partial charge in [-0.3, -0.25) is 4.18 Å². The third-order valence-corrected chi connectivity index (χ3v) is 1.53. The van der Waals surface area contributed by atoms with Gasteiger partial charge < -0.3 is 0 Å². The van der Waals surface area contributed by atoms with Crippen molar-refractivity contribution < 1.29 is 4.18 Å². The highest BCUT2D eigenvalue weighted by Crippen LogP contribution is 2.25. The van der Waals surface area contributed by atoms with E-state index in [0.29, 0.717) is 0 Å². The van der Waals surface area contributed by atoms with E-state index in [1.807, 2.05) is 0 Å². The summed E-state index contributed by atoms with van der Waals surface area (Å²) in [6.45, 7) is 1.80. The fourth-order valence-electron chi connectivity index (χ4n) is 0.128. The summed E-state index contributed by atoms with van der Waals surface area (Å²) < 4.78 is 4.91. The maximum atomic E-state index is 5.13. The molecule has 0 aromatic heterocycles. The van der Waals surface area contributed by atoms with Gasteiger partial charge in [-0.25, -0.2) is 0 Å². The van der Waals surface area contributed by atoms with Gasteiger partial charge in [0.05, 0.1) is 0 Å². The zero-order valence-electron chi connectivity index (χ0n) is 4.55. The second kappa shape index (κ2) is 5.50. The van der Waals surface area contributed by atoms with Crippen LogP contribution in [-0.2, 0) is 4.18 Å². The monoisotopic (exact) mass is 144 g/mol. The predicted octanol–water partition coefficient (Wildman–Crippen LogP) is 1.35. The van der Waals surface area contributed by atoms with Crippen molar-refractivity contribution in [3.05, 3.63) is 0 Å². The zero-order chi connectivity index (χ0) is 6.41. The van der Waals surface area contributed by atoms with Crippen LogP contribution in [0.15, 0.2) is 0 Å². The lowest BCUT2D eigenvalue weighted by molar-refractivity contribution is 0.337. The molecule has 0 aliphatic carbocycles. The van der Waals surface area contributed by atoms with Crippen molar-refractivity contribution >= 4 is 26.9 Å². The molecule has 0 saturated carbocycles. The summed E-state index contributed by atoms with van der Waals surface area (Å²) in [5.41, 5.74) is 0. The van der Waals surface area contributed by atoms with Gasteiger partial charge >= 0.3 is 0 Å². The SMILES string of the molecule is [B]PSOC(C)C#C. The standard InChI is InChI=1S/C4H6BOPS/c1-3-4(2)6-8-7-5/h1,4,7H,2H3. The Hall–Kier alpha value is 0.365. The van der Waals surface area contributed by atoms with Gasteiger partial charge in [-0.2, -0.15) is 0 Å². The molecule has 0 heterocycles. The largest absolute Gasteiger partial charge is 0.296 e. The van der Waals surface area contributed by atoms with E-state index < -0.39 is 0 Å². The maximum absolute atomic E-state index is 5.13. The van der Waals surface area contributed by atoms with Crippen LogP contribution in [0.25, 0.3) is 0 Å². The first-order valence-electron chi connectivity index (χ1n) is 2.05. The Bertz CT molecular complexity index is 92.5. The van der Waals surface area contributed by atoms with Gasteiger partial charge in [0.15, 0.2) is 0 Å². The Balaban J connectivity index is 3.02. The smallest absolute Gasteiger partial charge is 0.130 e. The Kier molecular flexibility index (Phi) is 5.75. The van der Waals surface area contributed by atoms with Crippen LogP contribution >= 0.6 is 19.3 Å². The molecule has 42 valence electrons. The van der Waals surface area contributed by atoms with Gasteiger partial charge in [0.1, 0.15) is 13.7 Å². The summed E-state index contributed by atoms with van der Waals surface area (Å²) in [6, 6.07) is 0. The van der Waals surface area contributed by atoms with E-state index in [0.717, 1.165) is 0 Å². The lowest BCUT2D eigenvalue weighted by Gasteiger charge is -2.00. The third kappa shape index (κ3) is 4.52.